The van der Waals surface area contributed by atoms with Crippen molar-refractivity contribution in [1.29, 1.82) is 0 Å². The number of carboxylic acid groups (broad SMARTS) is 1. The molecule has 0 bridgehead atoms. The predicted molar refractivity (Wildman–Crippen MR) is 297 cm³/mol. The Morgan fingerprint density at radius 1 is 0.437 bits per heavy atom. The van der Waals surface area contributed by atoms with E-state index in [-0.39, 0.29) is 38.6 Å². The van der Waals surface area contributed by atoms with Crippen LogP contribution in [0.2, 0.25) is 0 Å². The number of ether oxygens (including phenoxy) is 4. The van der Waals surface area contributed by atoms with Gasteiger partial charge in [-0.2, -0.15) is 0 Å². The van der Waals surface area contributed by atoms with E-state index < -0.39 is 24.3 Å². The molecule has 9 heteroatoms. The van der Waals surface area contributed by atoms with Gasteiger partial charge in [-0.15, -0.1) is 0 Å². The quantitative estimate of drug-likeness (QED) is 0.0195. The van der Waals surface area contributed by atoms with Crippen molar-refractivity contribution in [3.8, 4) is 0 Å². The highest BCUT2D eigenvalue weighted by Gasteiger charge is 2.22. The molecule has 0 aliphatic carbocycles. The summed E-state index contributed by atoms with van der Waals surface area (Å²) in [6, 6.07) is 0. The topological polar surface area (TPSA) is 111 Å². The second-order valence-electron chi connectivity index (χ2n) is 19.5. The van der Waals surface area contributed by atoms with E-state index in [1.54, 1.807) is 0 Å². The number of carboxylic acids is 1. The Balaban J connectivity index is 4.13. The molecule has 404 valence electrons. The predicted octanol–water partition coefficient (Wildman–Crippen LogP) is 15.0. The standard InChI is InChI=1S/C62H103NO8/c1-6-8-10-12-14-16-17-18-19-20-21-22-23-24-25-26-27-28-29-30-31-32-33-34-35-36-37-38-39-40-41-42-43-45-47-49-51-53-60(65)71-58(57-70-62(61(66)67)68-55-54-63(3,4)5)56-69-59(64)52-50-48-46-44-15-13-11-9-7-2/h8,10,14,16,18-19,21-22,24-25,27-28,30-31,33-34,36-37,58,62H,6-7,9,11-13,15,17,20,23,26,29,32,35,38-57H2,1-5H3/b10-8-,16-14-,19-18-,22-21-,25-24-,28-27-,31-30-,34-33-,37-36-. The van der Waals surface area contributed by atoms with Crippen molar-refractivity contribution in [3.63, 3.8) is 0 Å². The monoisotopic (exact) mass is 990 g/mol. The second kappa shape index (κ2) is 52.3. The summed E-state index contributed by atoms with van der Waals surface area (Å²) in [5, 5.41) is 11.7. The number of quaternary nitrogens is 1. The molecule has 0 aliphatic rings. The number of allylic oxidation sites excluding steroid dienone is 18. The minimum atomic E-state index is -1.62. The first-order valence-corrected chi connectivity index (χ1v) is 28.0. The number of rotatable bonds is 50. The van der Waals surface area contributed by atoms with E-state index in [9.17, 15) is 19.5 Å². The Labute approximate surface area is 434 Å². The van der Waals surface area contributed by atoms with Crippen LogP contribution in [0.5, 0.6) is 0 Å². The summed E-state index contributed by atoms with van der Waals surface area (Å²) < 4.78 is 22.6. The molecule has 0 aromatic heterocycles. The van der Waals surface area contributed by atoms with Gasteiger partial charge in [-0.05, 0) is 83.5 Å². The minimum Gasteiger partial charge on any atom is -0.545 e. The Kier molecular flexibility index (Phi) is 49.3. The molecular weight excluding hydrogens is 887 g/mol. The summed E-state index contributed by atoms with van der Waals surface area (Å²) in [5.74, 6) is -2.30. The number of aliphatic carboxylic acids is 1. The molecule has 0 aromatic carbocycles. The van der Waals surface area contributed by atoms with Crippen LogP contribution in [0.4, 0.5) is 0 Å². The van der Waals surface area contributed by atoms with E-state index in [0.717, 1.165) is 103 Å². The molecule has 0 saturated heterocycles. The fourth-order valence-corrected chi connectivity index (χ4v) is 7.23. The van der Waals surface area contributed by atoms with Crippen molar-refractivity contribution in [2.45, 2.75) is 219 Å². The van der Waals surface area contributed by atoms with Crippen LogP contribution in [-0.4, -0.2) is 82.3 Å². The van der Waals surface area contributed by atoms with E-state index in [4.69, 9.17) is 18.9 Å². The van der Waals surface area contributed by atoms with Gasteiger partial charge in [0.2, 0.25) is 0 Å². The lowest BCUT2D eigenvalue weighted by molar-refractivity contribution is -0.870. The van der Waals surface area contributed by atoms with Gasteiger partial charge in [0.25, 0.3) is 0 Å². The van der Waals surface area contributed by atoms with E-state index >= 15 is 0 Å². The normalized spacial score (nSPS) is 13.6. The SMILES string of the molecule is CC/C=C\C/C=C\C/C=C\C/C=C\C/C=C\C/C=C\C/C=C\C/C=C\C/C=C\CCCCCCCCCCCC(=O)OC(COC(=O)CCCCCCCCCCC)COC(OCC[N+](C)(C)C)C(=O)[O-]. The van der Waals surface area contributed by atoms with Gasteiger partial charge in [-0.3, -0.25) is 9.59 Å². The van der Waals surface area contributed by atoms with Gasteiger partial charge in [0.15, 0.2) is 12.4 Å². The maximum atomic E-state index is 12.8. The lowest BCUT2D eigenvalue weighted by Crippen LogP contribution is -2.44. The van der Waals surface area contributed by atoms with Gasteiger partial charge in [0, 0.05) is 12.8 Å². The highest BCUT2D eigenvalue weighted by Crippen LogP contribution is 2.14. The lowest BCUT2D eigenvalue weighted by Gasteiger charge is -2.26. The number of hydrogen-bond acceptors (Lipinski definition) is 8. The maximum Gasteiger partial charge on any atom is 0.306 e. The average molecular weight is 991 g/mol. The van der Waals surface area contributed by atoms with Gasteiger partial charge in [-0.1, -0.05) is 220 Å². The van der Waals surface area contributed by atoms with Crippen molar-refractivity contribution < 1.29 is 42.9 Å². The molecule has 2 atom stereocenters. The number of hydrogen-bond donors (Lipinski definition) is 0. The molecule has 0 saturated carbocycles. The summed E-state index contributed by atoms with van der Waals surface area (Å²) >= 11 is 0. The number of nitrogens with zero attached hydrogens (tertiary/aromatic N) is 1. The van der Waals surface area contributed by atoms with E-state index in [1.807, 2.05) is 21.1 Å². The first kappa shape index (κ1) is 67.0. The van der Waals surface area contributed by atoms with Crippen molar-refractivity contribution in [3.05, 3.63) is 109 Å². The van der Waals surface area contributed by atoms with Crippen molar-refractivity contribution in [2.75, 3.05) is 47.5 Å². The zero-order valence-electron chi connectivity index (χ0n) is 45.8. The largest absolute Gasteiger partial charge is 0.545 e. The molecular formula is C62H103NO8. The molecule has 0 fully saturated rings. The summed E-state index contributed by atoms with van der Waals surface area (Å²) in [6.45, 7) is 4.58. The molecule has 71 heavy (non-hydrogen) atoms. The smallest absolute Gasteiger partial charge is 0.306 e. The van der Waals surface area contributed by atoms with Crippen LogP contribution in [0.25, 0.3) is 0 Å². The summed E-state index contributed by atoms with van der Waals surface area (Å²) in [5.41, 5.74) is 0. The van der Waals surface area contributed by atoms with Crippen LogP contribution < -0.4 is 5.11 Å². The highest BCUT2D eigenvalue weighted by atomic mass is 16.7. The molecule has 0 N–H and O–H groups in total. The molecule has 0 heterocycles. The van der Waals surface area contributed by atoms with Crippen molar-refractivity contribution in [2.24, 2.45) is 0 Å². The molecule has 0 aliphatic heterocycles. The number of carbonyl (C=O) groups excluding carboxylic acids is 3. The summed E-state index contributed by atoms with van der Waals surface area (Å²) in [4.78, 5) is 37.0. The van der Waals surface area contributed by atoms with Crippen LogP contribution in [0.15, 0.2) is 109 Å². The maximum absolute atomic E-state index is 12.8. The molecule has 9 nitrogen and oxygen atoms in total. The van der Waals surface area contributed by atoms with Gasteiger partial charge in [-0.25, -0.2) is 0 Å². The Morgan fingerprint density at radius 2 is 0.803 bits per heavy atom. The molecule has 0 radical (unpaired) electrons. The van der Waals surface area contributed by atoms with Crippen molar-refractivity contribution >= 4 is 17.9 Å². The van der Waals surface area contributed by atoms with Gasteiger partial charge < -0.3 is 33.3 Å². The second-order valence-corrected chi connectivity index (χ2v) is 19.5. The first-order valence-electron chi connectivity index (χ1n) is 28.0. The van der Waals surface area contributed by atoms with Gasteiger partial charge >= 0.3 is 11.9 Å². The molecule has 0 aromatic rings. The fourth-order valence-electron chi connectivity index (χ4n) is 7.23. The number of carbonyl (C=O) groups is 3. The van der Waals surface area contributed by atoms with E-state index in [2.05, 4.69) is 123 Å². The third-order valence-electron chi connectivity index (χ3n) is 11.5. The van der Waals surface area contributed by atoms with Crippen molar-refractivity contribution in [1.82, 2.24) is 0 Å². The molecule has 2 unspecified atom stereocenters. The Bertz CT molecular complexity index is 1530. The Morgan fingerprint density at radius 3 is 1.20 bits per heavy atom. The average Bonchev–Trinajstić information content (AvgIpc) is 3.34. The van der Waals surface area contributed by atoms with Crippen LogP contribution in [-0.2, 0) is 33.3 Å². The summed E-state index contributed by atoms with van der Waals surface area (Å²) in [6.07, 6.45) is 68.7. The molecule has 0 rings (SSSR count). The first-order chi connectivity index (χ1) is 34.6. The van der Waals surface area contributed by atoms with Crippen LogP contribution in [0.1, 0.15) is 206 Å². The lowest BCUT2D eigenvalue weighted by atomic mass is 10.1. The third kappa shape index (κ3) is 53.6. The Hall–Kier alpha value is -4.05. The summed E-state index contributed by atoms with van der Waals surface area (Å²) in [7, 11) is 5.90. The van der Waals surface area contributed by atoms with E-state index in [0.29, 0.717) is 17.4 Å². The highest BCUT2D eigenvalue weighted by molar-refractivity contribution is 5.70. The zero-order valence-corrected chi connectivity index (χ0v) is 45.8. The van der Waals surface area contributed by atoms with Crippen LogP contribution >= 0.6 is 0 Å². The van der Waals surface area contributed by atoms with Gasteiger partial charge in [0.05, 0.1) is 40.3 Å². The number of unbranched alkanes of at least 4 members (excludes halogenated alkanes) is 17. The molecule has 0 amide bonds. The van der Waals surface area contributed by atoms with Gasteiger partial charge in [0.1, 0.15) is 13.2 Å². The van der Waals surface area contributed by atoms with Crippen LogP contribution in [0, 0.1) is 0 Å². The zero-order chi connectivity index (χ0) is 52.0. The fraction of sp³-hybridized carbons (Fsp3) is 0.661. The number of likely N-dealkylation sites (N-methyl/N-ethyl adjacent to an activating group) is 1. The minimum absolute atomic E-state index is 0.143. The van der Waals surface area contributed by atoms with E-state index in [1.165, 1.54) is 70.6 Å². The number of esters is 2. The van der Waals surface area contributed by atoms with Crippen LogP contribution in [0.3, 0.4) is 0 Å². The third-order valence-corrected chi connectivity index (χ3v) is 11.5. The molecule has 0 spiro atoms.